The Morgan fingerprint density at radius 2 is 2.00 bits per heavy atom. The number of unbranched alkanes of at least 4 members (excludes halogenated alkanes) is 1. The second-order valence-electron chi connectivity index (χ2n) is 6.13. The predicted molar refractivity (Wildman–Crippen MR) is 94.0 cm³/mol. The lowest BCUT2D eigenvalue weighted by molar-refractivity contribution is -0.154. The molecule has 0 saturated heterocycles. The normalized spacial score (nSPS) is 23.4. The lowest BCUT2D eigenvalue weighted by Gasteiger charge is -2.22. The van der Waals surface area contributed by atoms with Gasteiger partial charge < -0.3 is 19.7 Å². The number of aliphatic hydroxyl groups is 2. The number of hydrogen-bond acceptors (Lipinski definition) is 7. The summed E-state index contributed by atoms with van der Waals surface area (Å²) in [6, 6.07) is 0. The summed E-state index contributed by atoms with van der Waals surface area (Å²) in [6.07, 6.45) is 6.79. The zero-order chi connectivity index (χ0) is 19.7. The molecule has 0 amide bonds. The van der Waals surface area contributed by atoms with Crippen molar-refractivity contribution in [1.82, 2.24) is 0 Å². The summed E-state index contributed by atoms with van der Waals surface area (Å²) in [5.74, 6) is -1.48. The van der Waals surface area contributed by atoms with Gasteiger partial charge in [0.2, 0.25) is 0 Å². The number of hydrogen-bond donors (Lipinski definition) is 2. The number of ketones is 1. The van der Waals surface area contributed by atoms with Gasteiger partial charge in [-0.3, -0.25) is 14.4 Å². The summed E-state index contributed by atoms with van der Waals surface area (Å²) in [7, 11) is 0. The average molecular weight is 366 g/mol. The van der Waals surface area contributed by atoms with Gasteiger partial charge >= 0.3 is 11.9 Å². The number of aliphatic hydroxyl groups excluding tert-OH is 1. The molecule has 0 bridgehead atoms. The molecule has 0 heterocycles. The number of esters is 2. The predicted octanol–water partition coefficient (Wildman–Crippen LogP) is 1.38. The van der Waals surface area contributed by atoms with Gasteiger partial charge in [0.15, 0.2) is 5.78 Å². The SMILES string of the molecule is CCCCC1(O)C=CC(=O)C1=CC=C[C@H](OC(C)=O)[C@H](O)COC(C)=O. The van der Waals surface area contributed by atoms with Crippen LogP contribution >= 0.6 is 0 Å². The highest BCUT2D eigenvalue weighted by Gasteiger charge is 2.36. The van der Waals surface area contributed by atoms with E-state index >= 15 is 0 Å². The maximum Gasteiger partial charge on any atom is 0.303 e. The van der Waals surface area contributed by atoms with Crippen molar-refractivity contribution < 1.29 is 34.1 Å². The van der Waals surface area contributed by atoms with E-state index in [9.17, 15) is 24.6 Å². The van der Waals surface area contributed by atoms with Crippen molar-refractivity contribution in [2.24, 2.45) is 0 Å². The van der Waals surface area contributed by atoms with E-state index in [1.165, 1.54) is 44.2 Å². The molecule has 0 radical (unpaired) electrons. The van der Waals surface area contributed by atoms with Crippen LogP contribution in [0.4, 0.5) is 0 Å². The summed E-state index contributed by atoms with van der Waals surface area (Å²) >= 11 is 0. The number of allylic oxidation sites excluding steroid dienone is 3. The summed E-state index contributed by atoms with van der Waals surface area (Å²) in [4.78, 5) is 34.0. The van der Waals surface area contributed by atoms with Gasteiger partial charge in [0.1, 0.15) is 24.4 Å². The molecule has 0 aromatic heterocycles. The van der Waals surface area contributed by atoms with Gasteiger partial charge in [-0.2, -0.15) is 0 Å². The maximum absolute atomic E-state index is 12.0. The van der Waals surface area contributed by atoms with Crippen LogP contribution in [-0.2, 0) is 23.9 Å². The molecule has 0 spiro atoms. The smallest absolute Gasteiger partial charge is 0.303 e. The molecule has 0 aromatic carbocycles. The van der Waals surface area contributed by atoms with Crippen molar-refractivity contribution in [2.45, 2.75) is 57.8 Å². The Morgan fingerprint density at radius 1 is 1.31 bits per heavy atom. The van der Waals surface area contributed by atoms with Crippen LogP contribution in [0.25, 0.3) is 0 Å². The highest BCUT2D eigenvalue weighted by molar-refractivity contribution is 6.09. The van der Waals surface area contributed by atoms with Crippen molar-refractivity contribution >= 4 is 17.7 Å². The molecule has 1 aliphatic rings. The summed E-state index contributed by atoms with van der Waals surface area (Å²) < 4.78 is 9.70. The van der Waals surface area contributed by atoms with Gasteiger partial charge in [-0.25, -0.2) is 0 Å². The van der Waals surface area contributed by atoms with E-state index in [4.69, 9.17) is 9.47 Å². The van der Waals surface area contributed by atoms with Crippen molar-refractivity contribution in [3.63, 3.8) is 0 Å². The van der Waals surface area contributed by atoms with Crippen LogP contribution in [0, 0.1) is 0 Å². The number of rotatable bonds is 9. The molecular formula is C19H26O7. The molecule has 7 heteroatoms. The Morgan fingerprint density at radius 3 is 2.58 bits per heavy atom. The minimum Gasteiger partial charge on any atom is -0.463 e. The molecule has 0 aromatic rings. The third kappa shape index (κ3) is 6.57. The van der Waals surface area contributed by atoms with Gasteiger partial charge in [-0.15, -0.1) is 0 Å². The largest absolute Gasteiger partial charge is 0.463 e. The molecule has 26 heavy (non-hydrogen) atoms. The maximum atomic E-state index is 12.0. The molecule has 1 rings (SSSR count). The summed E-state index contributed by atoms with van der Waals surface area (Å²) in [5.41, 5.74) is -1.09. The van der Waals surface area contributed by atoms with Gasteiger partial charge in [-0.1, -0.05) is 31.9 Å². The van der Waals surface area contributed by atoms with E-state index in [0.29, 0.717) is 6.42 Å². The third-order valence-corrected chi connectivity index (χ3v) is 3.86. The first-order valence-corrected chi connectivity index (χ1v) is 8.53. The molecule has 0 fully saturated rings. The Bertz CT molecular complexity index is 617. The van der Waals surface area contributed by atoms with E-state index in [-0.39, 0.29) is 18.0 Å². The third-order valence-electron chi connectivity index (χ3n) is 3.86. The quantitative estimate of drug-likeness (QED) is 0.468. The first-order valence-electron chi connectivity index (χ1n) is 8.53. The van der Waals surface area contributed by atoms with Gasteiger partial charge in [-0.05, 0) is 24.6 Å². The fourth-order valence-corrected chi connectivity index (χ4v) is 2.49. The fraction of sp³-hybridized carbons (Fsp3) is 0.526. The number of carbonyl (C=O) groups is 3. The minimum atomic E-state index is -1.31. The highest BCUT2D eigenvalue weighted by Crippen LogP contribution is 2.31. The Hall–Kier alpha value is -2.25. The van der Waals surface area contributed by atoms with Crippen molar-refractivity contribution in [3.05, 3.63) is 36.0 Å². The number of carbonyl (C=O) groups excluding carboxylic acids is 3. The second-order valence-corrected chi connectivity index (χ2v) is 6.13. The van der Waals surface area contributed by atoms with Crippen LogP contribution in [0.3, 0.4) is 0 Å². The first kappa shape index (κ1) is 21.8. The summed E-state index contributed by atoms with van der Waals surface area (Å²) in [6.45, 7) is 4.03. The molecule has 1 unspecified atom stereocenters. The molecule has 144 valence electrons. The molecule has 3 atom stereocenters. The average Bonchev–Trinajstić information content (AvgIpc) is 2.85. The zero-order valence-electron chi connectivity index (χ0n) is 15.3. The van der Waals surface area contributed by atoms with E-state index in [1.54, 1.807) is 0 Å². The standard InChI is InChI=1S/C19H26O7/c1-4-5-10-19(24)11-9-16(22)15(19)7-6-8-18(26-14(3)21)17(23)12-25-13(2)20/h6-9,11,17-18,23-24H,4-5,10,12H2,1-3H3/t17-,18+,19?/m1/s1. The van der Waals surface area contributed by atoms with Crippen LogP contribution < -0.4 is 0 Å². The van der Waals surface area contributed by atoms with Gasteiger partial charge in [0.05, 0.1) is 0 Å². The zero-order valence-corrected chi connectivity index (χ0v) is 15.3. The molecule has 7 nitrogen and oxygen atoms in total. The Balaban J connectivity index is 2.90. The number of ether oxygens (including phenoxy) is 2. The van der Waals surface area contributed by atoms with Crippen molar-refractivity contribution in [3.8, 4) is 0 Å². The molecule has 1 aliphatic carbocycles. The minimum absolute atomic E-state index is 0.221. The van der Waals surface area contributed by atoms with Gasteiger partial charge in [0, 0.05) is 19.4 Å². The topological polar surface area (TPSA) is 110 Å². The molecule has 2 N–H and O–H groups in total. The van der Waals surface area contributed by atoms with Crippen LogP contribution in [0.2, 0.25) is 0 Å². The van der Waals surface area contributed by atoms with E-state index in [1.807, 2.05) is 6.92 Å². The first-order chi connectivity index (χ1) is 12.2. The van der Waals surface area contributed by atoms with Crippen LogP contribution in [0.5, 0.6) is 0 Å². The molecular weight excluding hydrogens is 340 g/mol. The van der Waals surface area contributed by atoms with Crippen LogP contribution in [0.15, 0.2) is 36.0 Å². The lowest BCUT2D eigenvalue weighted by atomic mass is 9.90. The van der Waals surface area contributed by atoms with E-state index in [0.717, 1.165) is 12.8 Å². The highest BCUT2D eigenvalue weighted by atomic mass is 16.6. The lowest BCUT2D eigenvalue weighted by Crippen LogP contribution is -2.33. The van der Waals surface area contributed by atoms with E-state index < -0.39 is 29.7 Å². The second kappa shape index (κ2) is 10.0. The van der Waals surface area contributed by atoms with Crippen LogP contribution in [0.1, 0.15) is 40.0 Å². The van der Waals surface area contributed by atoms with Crippen molar-refractivity contribution in [1.29, 1.82) is 0 Å². The molecule has 0 aliphatic heterocycles. The Kier molecular flexibility index (Phi) is 8.41. The fourth-order valence-electron chi connectivity index (χ4n) is 2.49. The monoisotopic (exact) mass is 366 g/mol. The Labute approximate surface area is 153 Å². The summed E-state index contributed by atoms with van der Waals surface area (Å²) in [5, 5.41) is 20.6. The van der Waals surface area contributed by atoms with Gasteiger partial charge in [0.25, 0.3) is 0 Å². The molecule has 0 saturated carbocycles. The van der Waals surface area contributed by atoms with Crippen molar-refractivity contribution in [2.75, 3.05) is 6.61 Å². The van der Waals surface area contributed by atoms with E-state index in [2.05, 4.69) is 0 Å². The van der Waals surface area contributed by atoms with Crippen LogP contribution in [-0.4, -0.2) is 52.4 Å².